The van der Waals surface area contributed by atoms with E-state index in [9.17, 15) is 4.79 Å². The van der Waals surface area contributed by atoms with Crippen LogP contribution < -0.4 is 14.8 Å². The minimum Gasteiger partial charge on any atom is -0.493 e. The van der Waals surface area contributed by atoms with Crippen molar-refractivity contribution >= 4 is 11.6 Å². The predicted octanol–water partition coefficient (Wildman–Crippen LogP) is 3.22. The van der Waals surface area contributed by atoms with Crippen LogP contribution in [0.1, 0.15) is 15.9 Å². The van der Waals surface area contributed by atoms with Crippen molar-refractivity contribution in [3.05, 3.63) is 59.9 Å². The molecule has 0 saturated carbocycles. The Hall–Kier alpha value is -2.82. The Balaban J connectivity index is 2.07. The van der Waals surface area contributed by atoms with Crippen molar-refractivity contribution in [1.29, 1.82) is 0 Å². The Morgan fingerprint density at radius 1 is 1.14 bits per heavy atom. The molecule has 0 saturated heterocycles. The lowest BCUT2D eigenvalue weighted by atomic mass is 10.1. The topological polar surface area (TPSA) is 60.5 Å². The Labute approximate surface area is 129 Å². The highest BCUT2D eigenvalue weighted by atomic mass is 16.5. The van der Waals surface area contributed by atoms with E-state index in [-0.39, 0.29) is 5.78 Å². The molecule has 1 aromatic heterocycles. The number of hydrogen-bond donors (Lipinski definition) is 1. The molecule has 1 heterocycles. The van der Waals surface area contributed by atoms with Crippen molar-refractivity contribution in [3.8, 4) is 11.5 Å². The van der Waals surface area contributed by atoms with Gasteiger partial charge in [0.25, 0.3) is 0 Å². The number of allylic oxidation sites excluding steroid dienone is 1. The van der Waals surface area contributed by atoms with E-state index in [0.717, 1.165) is 5.56 Å². The fourth-order valence-electron chi connectivity index (χ4n) is 1.90. The summed E-state index contributed by atoms with van der Waals surface area (Å²) in [6, 6.07) is 8.85. The maximum atomic E-state index is 12.1. The normalized spacial score (nSPS) is 10.5. The zero-order chi connectivity index (χ0) is 15.9. The SMILES string of the molecule is COc1ccc(C(=O)/C=C/Nc2cc(C)ccn2)cc1OC. The third-order valence-corrected chi connectivity index (χ3v) is 3.05. The van der Waals surface area contributed by atoms with Crippen LogP contribution in [-0.2, 0) is 0 Å². The average Bonchev–Trinajstić information content (AvgIpc) is 2.54. The first-order chi connectivity index (χ1) is 10.6. The number of nitrogens with one attached hydrogen (secondary N) is 1. The Bertz CT molecular complexity index is 696. The molecule has 5 nitrogen and oxygen atoms in total. The fourth-order valence-corrected chi connectivity index (χ4v) is 1.90. The van der Waals surface area contributed by atoms with Gasteiger partial charge in [0.2, 0.25) is 0 Å². The van der Waals surface area contributed by atoms with Crippen LogP contribution in [0.25, 0.3) is 0 Å². The van der Waals surface area contributed by atoms with Gasteiger partial charge in [-0.25, -0.2) is 4.98 Å². The number of rotatable bonds is 6. The van der Waals surface area contributed by atoms with Gasteiger partial charge in [0.1, 0.15) is 5.82 Å². The molecule has 0 radical (unpaired) electrons. The first kappa shape index (κ1) is 15.6. The number of pyridine rings is 1. The van der Waals surface area contributed by atoms with E-state index in [1.165, 1.54) is 13.2 Å². The van der Waals surface area contributed by atoms with Gasteiger partial charge in [-0.1, -0.05) is 0 Å². The number of nitrogens with zero attached hydrogens (tertiary/aromatic N) is 1. The predicted molar refractivity (Wildman–Crippen MR) is 85.6 cm³/mol. The van der Waals surface area contributed by atoms with Crippen molar-refractivity contribution in [1.82, 2.24) is 4.98 Å². The largest absolute Gasteiger partial charge is 0.493 e. The van der Waals surface area contributed by atoms with E-state index in [1.54, 1.807) is 37.7 Å². The van der Waals surface area contributed by atoms with Crippen LogP contribution in [0.3, 0.4) is 0 Å². The second-order valence-corrected chi connectivity index (χ2v) is 4.63. The number of methoxy groups -OCH3 is 2. The molecule has 0 bridgehead atoms. The van der Waals surface area contributed by atoms with Gasteiger partial charge in [-0.2, -0.15) is 0 Å². The summed E-state index contributed by atoms with van der Waals surface area (Å²) >= 11 is 0. The van der Waals surface area contributed by atoms with Gasteiger partial charge in [0.15, 0.2) is 17.3 Å². The molecule has 0 amide bonds. The first-order valence-corrected chi connectivity index (χ1v) is 6.76. The number of ketones is 1. The third kappa shape index (κ3) is 3.85. The maximum Gasteiger partial charge on any atom is 0.187 e. The Kier molecular flexibility index (Phi) is 5.14. The van der Waals surface area contributed by atoms with E-state index >= 15 is 0 Å². The van der Waals surface area contributed by atoms with Crippen LogP contribution in [0.4, 0.5) is 5.82 Å². The highest BCUT2D eigenvalue weighted by molar-refractivity contribution is 6.05. The highest BCUT2D eigenvalue weighted by Gasteiger charge is 2.08. The van der Waals surface area contributed by atoms with Crippen LogP contribution in [0.5, 0.6) is 11.5 Å². The molecule has 0 atom stereocenters. The number of aryl methyl sites for hydroxylation is 1. The number of benzene rings is 1. The minimum atomic E-state index is -0.138. The lowest BCUT2D eigenvalue weighted by Crippen LogP contribution is -1.99. The second-order valence-electron chi connectivity index (χ2n) is 4.63. The molecule has 2 rings (SSSR count). The minimum absolute atomic E-state index is 0.138. The summed E-state index contributed by atoms with van der Waals surface area (Å²) in [6.07, 6.45) is 4.73. The summed E-state index contributed by atoms with van der Waals surface area (Å²) in [6.45, 7) is 1.98. The number of ether oxygens (including phenoxy) is 2. The molecular formula is C17H18N2O3. The van der Waals surface area contributed by atoms with Gasteiger partial charge in [0, 0.05) is 24.0 Å². The zero-order valence-corrected chi connectivity index (χ0v) is 12.8. The first-order valence-electron chi connectivity index (χ1n) is 6.76. The van der Waals surface area contributed by atoms with Gasteiger partial charge >= 0.3 is 0 Å². The van der Waals surface area contributed by atoms with Crippen molar-refractivity contribution < 1.29 is 14.3 Å². The summed E-state index contributed by atoms with van der Waals surface area (Å²) in [4.78, 5) is 16.3. The van der Waals surface area contributed by atoms with E-state index in [2.05, 4.69) is 10.3 Å². The lowest BCUT2D eigenvalue weighted by molar-refractivity contribution is 0.104. The second kappa shape index (κ2) is 7.26. The van der Waals surface area contributed by atoms with Crippen LogP contribution in [0, 0.1) is 6.92 Å². The Morgan fingerprint density at radius 2 is 1.91 bits per heavy atom. The van der Waals surface area contributed by atoms with Gasteiger partial charge in [-0.15, -0.1) is 0 Å². The van der Waals surface area contributed by atoms with Crippen molar-refractivity contribution in [2.45, 2.75) is 6.92 Å². The molecule has 114 valence electrons. The van der Waals surface area contributed by atoms with Crippen LogP contribution in [0.2, 0.25) is 0 Å². The standard InChI is InChI=1S/C17H18N2O3/c1-12-6-8-18-17(10-12)19-9-7-14(20)13-4-5-15(21-2)16(11-13)22-3/h4-11H,1-3H3,(H,18,19)/b9-7+. The fraction of sp³-hybridized carbons (Fsp3) is 0.176. The zero-order valence-electron chi connectivity index (χ0n) is 12.8. The number of carbonyl (C=O) groups is 1. The molecule has 5 heteroatoms. The summed E-state index contributed by atoms with van der Waals surface area (Å²) < 4.78 is 10.3. The van der Waals surface area contributed by atoms with Gasteiger partial charge < -0.3 is 14.8 Å². The van der Waals surface area contributed by atoms with E-state index < -0.39 is 0 Å². The Morgan fingerprint density at radius 3 is 2.59 bits per heavy atom. The number of anilines is 1. The van der Waals surface area contributed by atoms with Gasteiger partial charge in [0.05, 0.1) is 14.2 Å². The third-order valence-electron chi connectivity index (χ3n) is 3.05. The van der Waals surface area contributed by atoms with Crippen LogP contribution >= 0.6 is 0 Å². The van der Waals surface area contributed by atoms with E-state index in [4.69, 9.17) is 9.47 Å². The van der Waals surface area contributed by atoms with Gasteiger partial charge in [-0.05, 0) is 42.8 Å². The molecule has 1 aromatic carbocycles. The molecule has 0 aliphatic rings. The summed E-state index contributed by atoms with van der Waals surface area (Å²) in [5.74, 6) is 1.66. The van der Waals surface area contributed by atoms with Crippen molar-refractivity contribution in [2.24, 2.45) is 0 Å². The molecule has 0 spiro atoms. The number of aromatic nitrogens is 1. The van der Waals surface area contributed by atoms with E-state index in [0.29, 0.717) is 22.9 Å². The maximum absolute atomic E-state index is 12.1. The lowest BCUT2D eigenvalue weighted by Gasteiger charge is -2.08. The highest BCUT2D eigenvalue weighted by Crippen LogP contribution is 2.27. The molecule has 0 aliphatic carbocycles. The number of hydrogen-bond acceptors (Lipinski definition) is 5. The molecular weight excluding hydrogens is 280 g/mol. The molecule has 2 aromatic rings. The molecule has 22 heavy (non-hydrogen) atoms. The summed E-state index contributed by atoms with van der Waals surface area (Å²) in [5.41, 5.74) is 1.62. The van der Waals surface area contributed by atoms with Crippen LogP contribution in [0.15, 0.2) is 48.8 Å². The monoisotopic (exact) mass is 298 g/mol. The van der Waals surface area contributed by atoms with E-state index in [1.807, 2.05) is 19.1 Å². The smallest absolute Gasteiger partial charge is 0.187 e. The molecule has 0 unspecified atom stereocenters. The molecule has 0 fully saturated rings. The summed E-state index contributed by atoms with van der Waals surface area (Å²) in [7, 11) is 3.09. The molecule has 1 N–H and O–H groups in total. The van der Waals surface area contributed by atoms with Gasteiger partial charge in [-0.3, -0.25) is 4.79 Å². The number of carbonyl (C=O) groups excluding carboxylic acids is 1. The van der Waals surface area contributed by atoms with Crippen LogP contribution in [-0.4, -0.2) is 25.0 Å². The summed E-state index contributed by atoms with van der Waals surface area (Å²) in [5, 5.41) is 2.97. The molecule has 0 aliphatic heterocycles. The van der Waals surface area contributed by atoms with Crippen molar-refractivity contribution in [3.63, 3.8) is 0 Å². The van der Waals surface area contributed by atoms with Crippen molar-refractivity contribution in [2.75, 3.05) is 19.5 Å². The average molecular weight is 298 g/mol. The quantitative estimate of drug-likeness (QED) is 0.655.